The van der Waals surface area contributed by atoms with Gasteiger partial charge in [0.1, 0.15) is 47.5 Å². The summed E-state index contributed by atoms with van der Waals surface area (Å²) in [5.74, 6) is -6.84. The summed E-state index contributed by atoms with van der Waals surface area (Å²) in [4.78, 5) is 47.8. The van der Waals surface area contributed by atoms with E-state index in [-0.39, 0.29) is 47.0 Å². The summed E-state index contributed by atoms with van der Waals surface area (Å²) in [6, 6.07) is 18.5. The van der Waals surface area contributed by atoms with E-state index >= 15 is 13.2 Å². The molecule has 14 nitrogen and oxygen atoms in total. The number of aromatic nitrogens is 6. The van der Waals surface area contributed by atoms with Crippen LogP contribution < -0.4 is 21.8 Å². The normalized spacial score (nSPS) is 22.4. The Morgan fingerprint density at radius 3 is 1.87 bits per heavy atom. The third-order valence-corrected chi connectivity index (χ3v) is 17.6. The summed E-state index contributed by atoms with van der Waals surface area (Å²) in [7, 11) is 0. The number of piperidine rings is 1. The number of halogens is 5. The number of hydrogen-bond donors (Lipinski definition) is 2. The zero-order valence-corrected chi connectivity index (χ0v) is 50.8. The lowest BCUT2D eigenvalue weighted by atomic mass is 9.77. The Labute approximate surface area is 496 Å². The maximum absolute atomic E-state index is 16.1. The molecule has 19 heteroatoms. The molecule has 2 aromatic carbocycles. The first kappa shape index (κ1) is 64.2. The summed E-state index contributed by atoms with van der Waals surface area (Å²) in [6.45, 7) is 17.5. The zero-order chi connectivity index (χ0) is 61.3. The number of pyridine rings is 2. The van der Waals surface area contributed by atoms with E-state index in [0.717, 1.165) is 76.0 Å². The van der Waals surface area contributed by atoms with Crippen molar-refractivity contribution in [2.45, 2.75) is 212 Å². The van der Waals surface area contributed by atoms with Gasteiger partial charge in [0.25, 0.3) is 23.0 Å². The van der Waals surface area contributed by atoms with Gasteiger partial charge >= 0.3 is 0 Å². The van der Waals surface area contributed by atoms with Crippen LogP contribution in [-0.4, -0.2) is 65.8 Å². The van der Waals surface area contributed by atoms with Crippen LogP contribution >= 0.6 is 0 Å². The number of ether oxygens (including phenoxy) is 1. The van der Waals surface area contributed by atoms with E-state index in [2.05, 4.69) is 61.5 Å². The molecule has 2 aliphatic carbocycles. The van der Waals surface area contributed by atoms with Crippen LogP contribution in [0.3, 0.4) is 0 Å². The molecule has 2 unspecified atom stereocenters. The minimum absolute atomic E-state index is 0.0483. The van der Waals surface area contributed by atoms with Crippen molar-refractivity contribution in [1.29, 1.82) is 10.5 Å². The molecule has 4 aromatic heterocycles. The highest BCUT2D eigenvalue weighted by Crippen LogP contribution is 2.49. The molecule has 14 bridgehead atoms. The van der Waals surface area contributed by atoms with E-state index in [1.807, 2.05) is 40.7 Å². The average Bonchev–Trinajstić information content (AvgIpc) is 1.97. The second-order valence-electron chi connectivity index (χ2n) is 23.8. The van der Waals surface area contributed by atoms with Gasteiger partial charge in [-0.3, -0.25) is 23.6 Å². The fraction of sp³-hybridized carbons (Fsp3) is 0.576. The lowest BCUT2D eigenvalue weighted by Gasteiger charge is -2.47. The highest BCUT2D eigenvalue weighted by molar-refractivity contribution is 5.89. The maximum atomic E-state index is 16.1. The second-order valence-corrected chi connectivity index (χ2v) is 23.8. The fourth-order valence-corrected chi connectivity index (χ4v) is 12.3. The minimum Gasteiger partial charge on any atom is -0.375 e. The van der Waals surface area contributed by atoms with Crippen LogP contribution in [0.2, 0.25) is 0 Å². The fourth-order valence-electron chi connectivity index (χ4n) is 12.3. The molecule has 6 aliphatic rings. The van der Waals surface area contributed by atoms with Crippen molar-refractivity contribution in [3.05, 3.63) is 127 Å². The molecule has 3 fully saturated rings. The zero-order valence-electron chi connectivity index (χ0n) is 50.8. The van der Waals surface area contributed by atoms with E-state index in [4.69, 9.17) is 4.74 Å². The second kappa shape index (κ2) is 27.3. The number of hydrogen-bond acceptors (Lipinski definition) is 12. The van der Waals surface area contributed by atoms with Crippen LogP contribution in [0.4, 0.5) is 33.6 Å². The predicted octanol–water partition coefficient (Wildman–Crippen LogP) is 14.6. The monoisotopic (exact) mass is 1170 g/mol. The van der Waals surface area contributed by atoms with Crippen molar-refractivity contribution in [3.8, 4) is 12.1 Å². The largest absolute Gasteiger partial charge is 0.375 e. The van der Waals surface area contributed by atoms with Gasteiger partial charge in [-0.25, -0.2) is 33.1 Å². The Morgan fingerprint density at radius 2 is 1.26 bits per heavy atom. The van der Waals surface area contributed by atoms with Gasteiger partial charge in [0.15, 0.2) is 0 Å². The highest BCUT2D eigenvalue weighted by Gasteiger charge is 2.50. The quantitative estimate of drug-likeness (QED) is 0.157. The van der Waals surface area contributed by atoms with E-state index < -0.39 is 46.6 Å². The Balaban J connectivity index is 0.000000211. The molecule has 12 rings (SSSR count). The molecule has 85 heavy (non-hydrogen) atoms. The number of nitrogens with one attached hydrogen (secondary N) is 2. The summed E-state index contributed by atoms with van der Waals surface area (Å²) in [5, 5.41) is 27.5. The molecule has 0 spiro atoms. The number of fused-ring (bicyclic) bond motifs is 11. The number of alkyl halides is 4. The number of benzene rings is 2. The van der Waals surface area contributed by atoms with E-state index in [1.54, 1.807) is 46.4 Å². The molecule has 4 aliphatic heterocycles. The lowest BCUT2D eigenvalue weighted by molar-refractivity contribution is -0.109. The van der Waals surface area contributed by atoms with Crippen molar-refractivity contribution in [2.75, 3.05) is 36.9 Å². The molecule has 3 atom stereocenters. The van der Waals surface area contributed by atoms with Crippen LogP contribution in [0.15, 0.2) is 70.5 Å². The van der Waals surface area contributed by atoms with Crippen LogP contribution in [-0.2, 0) is 47.0 Å². The third kappa shape index (κ3) is 13.9. The molecule has 6 aromatic rings. The van der Waals surface area contributed by atoms with Gasteiger partial charge in [-0.1, -0.05) is 96.6 Å². The molecule has 1 saturated heterocycles. The molecular formula is C66H84F5N11O3. The summed E-state index contributed by atoms with van der Waals surface area (Å²) < 4.78 is 85.7. The van der Waals surface area contributed by atoms with Crippen LogP contribution in [0.5, 0.6) is 0 Å². The number of anilines is 2. The van der Waals surface area contributed by atoms with Crippen LogP contribution in [0, 0.1) is 41.3 Å². The number of nitrogens with zero attached hydrogens (tertiary/aromatic N) is 9. The smallest absolute Gasteiger partial charge is 0.298 e. The molecular weight excluding hydrogens is 1090 g/mol. The third-order valence-electron chi connectivity index (χ3n) is 17.6. The topological polar surface area (TPSA) is 180 Å². The van der Waals surface area contributed by atoms with E-state index in [9.17, 15) is 28.9 Å². The van der Waals surface area contributed by atoms with Gasteiger partial charge in [-0.05, 0) is 135 Å². The molecule has 2 N–H and O–H groups in total. The molecule has 0 amide bonds. The summed E-state index contributed by atoms with van der Waals surface area (Å²) >= 11 is 0. The van der Waals surface area contributed by atoms with Gasteiger partial charge < -0.3 is 15.4 Å². The van der Waals surface area contributed by atoms with Crippen molar-refractivity contribution >= 4 is 33.7 Å². The maximum Gasteiger partial charge on any atom is 0.298 e. The Kier molecular flexibility index (Phi) is 20.6. The van der Waals surface area contributed by atoms with Crippen LogP contribution in [0.1, 0.15) is 196 Å². The first-order valence-corrected chi connectivity index (χ1v) is 30.9. The van der Waals surface area contributed by atoms with Crippen molar-refractivity contribution in [1.82, 2.24) is 34.0 Å². The summed E-state index contributed by atoms with van der Waals surface area (Å²) in [6.07, 6.45) is 13.6. The van der Waals surface area contributed by atoms with Crippen molar-refractivity contribution in [2.24, 2.45) is 5.92 Å². The van der Waals surface area contributed by atoms with Gasteiger partial charge in [0.05, 0.1) is 39.3 Å². The van der Waals surface area contributed by atoms with Gasteiger partial charge in [0.2, 0.25) is 0 Å². The summed E-state index contributed by atoms with van der Waals surface area (Å²) in [5.41, 5.74) is -0.241. The van der Waals surface area contributed by atoms with Crippen molar-refractivity contribution < 1.29 is 26.7 Å². The Morgan fingerprint density at radius 1 is 0.682 bits per heavy atom. The first-order chi connectivity index (χ1) is 40.8. The SMILES string of the molecule is CC.CC.C[C@H]1Nc2ncnc3c2cc(C2(C#N)CC2)c(=O)n3CCCCCCCN2CCC(CC2(C)C)C(F)(F)c2cccc1c2.Cc1nc2c3cc(C4(C#N)CC4)c(=O)n(c3n1)CCCCCCCOCC(F)(F)c1cccc(c1F)CN2. The van der Waals surface area contributed by atoms with Gasteiger partial charge in [-0.2, -0.15) is 19.3 Å². The predicted molar refractivity (Wildman–Crippen MR) is 323 cm³/mol. The number of aryl methyl sites for hydroxylation is 3. The molecule has 456 valence electrons. The molecule has 2 saturated carbocycles. The van der Waals surface area contributed by atoms with Gasteiger partial charge in [-0.15, -0.1) is 0 Å². The number of rotatable bonds is 2. The van der Waals surface area contributed by atoms with E-state index in [1.165, 1.54) is 18.5 Å². The molecule has 8 heterocycles. The highest BCUT2D eigenvalue weighted by atomic mass is 19.3. The van der Waals surface area contributed by atoms with E-state index in [0.29, 0.717) is 115 Å². The minimum atomic E-state index is -3.47. The molecule has 0 radical (unpaired) electrons. The standard InChI is InChI=1S/C34H42F2N6O.C28H30F3N5O2.2C2H6/c1-23-24-10-9-11-25(18-24)34(35,36)26-12-17-41(32(2,3)20-26)15-7-5-4-6-8-16-42-30-27(29(40-23)38-22-39-30)19-28(31(42)43)33(21-37)13-14-33;1-18-34-24-20-14-22(27(16-32)10-11-27)26(37)36(25(20)35-18)12-5-3-2-4-6-13-38-17-28(30,31)21-9-7-8-19(15-33-24)23(21)29;2*1-2/h9-11,18-19,22-23,26H,4-8,12-17,20H2,1-3H3,(H,38,39,40);7-9,14H,2-6,10-13,15,17H2,1H3,(H,33,34,35);2*1-2H3/t23-,26?;;;/m1.../s1. The average molecular weight is 1170 g/mol. The lowest BCUT2D eigenvalue weighted by Crippen LogP contribution is -2.52. The Bertz CT molecular complexity index is 3530. The van der Waals surface area contributed by atoms with Crippen LogP contribution in [0.25, 0.3) is 22.1 Å². The first-order valence-electron chi connectivity index (χ1n) is 30.9. The Hall–Kier alpha value is -6.83. The van der Waals surface area contributed by atoms with Gasteiger partial charge in [0, 0.05) is 66.0 Å². The number of nitriles is 2. The van der Waals surface area contributed by atoms with Crippen molar-refractivity contribution in [3.63, 3.8) is 0 Å².